The Morgan fingerprint density at radius 2 is 1.67 bits per heavy atom. The van der Waals surface area contributed by atoms with Gasteiger partial charge in [0.15, 0.2) is 5.69 Å². The number of nitriles is 1. The zero-order valence-electron chi connectivity index (χ0n) is 17.3. The molecule has 0 saturated heterocycles. The van der Waals surface area contributed by atoms with Crippen LogP contribution >= 0.6 is 0 Å². The standard InChI is InChI=1S/C25H24N5/c1-3-4-9-24-28-25(20-14-16-27-17-15-20)29-30(24,2)22-12-10-19(11-13-22)23-8-6-5-7-21(23)18-26/h5-8,10-17H,3-4,9H2,1-2H3/q+1. The van der Waals surface area contributed by atoms with Crippen LogP contribution in [-0.4, -0.2) is 23.7 Å². The van der Waals surface area contributed by atoms with Gasteiger partial charge in [-0.25, -0.2) is 0 Å². The molecule has 0 bridgehead atoms. The molecular weight excluding hydrogens is 370 g/mol. The first kappa shape index (κ1) is 19.7. The molecule has 0 radical (unpaired) electrons. The second-order valence-corrected chi connectivity index (χ2v) is 7.45. The molecule has 1 unspecified atom stereocenters. The Kier molecular flexibility index (Phi) is 5.51. The zero-order valence-corrected chi connectivity index (χ0v) is 17.3. The van der Waals surface area contributed by atoms with Crippen molar-refractivity contribution in [3.63, 3.8) is 0 Å². The highest BCUT2D eigenvalue weighted by atomic mass is 15.7. The van der Waals surface area contributed by atoms with Crippen LogP contribution in [0.2, 0.25) is 0 Å². The van der Waals surface area contributed by atoms with Gasteiger partial charge in [-0.1, -0.05) is 31.5 Å². The normalized spacial score (nSPS) is 17.9. The van der Waals surface area contributed by atoms with Crippen molar-refractivity contribution >= 4 is 17.4 Å². The van der Waals surface area contributed by atoms with E-state index in [0.717, 1.165) is 53.3 Å². The van der Waals surface area contributed by atoms with E-state index >= 15 is 0 Å². The average molecular weight is 395 g/mol. The Morgan fingerprint density at radius 3 is 2.37 bits per heavy atom. The molecule has 0 saturated carbocycles. The monoisotopic (exact) mass is 394 g/mol. The maximum atomic E-state index is 9.41. The third-order valence-corrected chi connectivity index (χ3v) is 5.45. The number of hydrogen-bond donors (Lipinski definition) is 0. The molecular formula is C25H24N5+. The van der Waals surface area contributed by atoms with Crippen molar-refractivity contribution in [1.82, 2.24) is 9.58 Å². The Bertz CT molecular complexity index is 1140. The number of nitrogens with zero attached hydrogens (tertiary/aromatic N) is 5. The van der Waals surface area contributed by atoms with Gasteiger partial charge in [0.1, 0.15) is 7.05 Å². The highest BCUT2D eigenvalue weighted by Gasteiger charge is 2.38. The number of pyridine rings is 1. The Hall–Kier alpha value is -3.62. The van der Waals surface area contributed by atoms with Crippen LogP contribution in [0.25, 0.3) is 11.1 Å². The first-order valence-corrected chi connectivity index (χ1v) is 10.2. The lowest BCUT2D eigenvalue weighted by Gasteiger charge is -2.24. The molecule has 30 heavy (non-hydrogen) atoms. The third kappa shape index (κ3) is 3.66. The fourth-order valence-corrected chi connectivity index (χ4v) is 3.69. The predicted octanol–water partition coefficient (Wildman–Crippen LogP) is 5.52. The first-order valence-electron chi connectivity index (χ1n) is 10.2. The van der Waals surface area contributed by atoms with Crippen LogP contribution in [0.3, 0.4) is 0 Å². The highest BCUT2D eigenvalue weighted by Crippen LogP contribution is 2.32. The fourth-order valence-electron chi connectivity index (χ4n) is 3.69. The molecule has 1 aromatic heterocycles. The minimum atomic E-state index is 0.317. The molecule has 0 fully saturated rings. The fraction of sp³-hybridized carbons (Fsp3) is 0.200. The molecule has 5 nitrogen and oxygen atoms in total. The molecule has 148 valence electrons. The van der Waals surface area contributed by atoms with E-state index in [1.165, 1.54) is 0 Å². The summed E-state index contributed by atoms with van der Waals surface area (Å²) >= 11 is 0. The summed E-state index contributed by atoms with van der Waals surface area (Å²) in [5.41, 5.74) is 4.66. The van der Waals surface area contributed by atoms with Gasteiger partial charge >= 0.3 is 0 Å². The molecule has 0 spiro atoms. The third-order valence-electron chi connectivity index (χ3n) is 5.45. The number of rotatable bonds is 6. The molecule has 0 amide bonds. The van der Waals surface area contributed by atoms with Crippen molar-refractivity contribution in [3.8, 4) is 17.2 Å². The number of unbranched alkanes of at least 4 members (excludes halogenated alkanes) is 1. The van der Waals surface area contributed by atoms with Gasteiger partial charge in [-0.15, -0.1) is 4.59 Å². The molecule has 4 rings (SSSR count). The number of hydrogen-bond acceptors (Lipinski definition) is 4. The van der Waals surface area contributed by atoms with E-state index in [9.17, 15) is 5.26 Å². The van der Waals surface area contributed by atoms with Crippen molar-refractivity contribution < 1.29 is 0 Å². The van der Waals surface area contributed by atoms with Gasteiger partial charge in [0.25, 0.3) is 0 Å². The summed E-state index contributed by atoms with van der Waals surface area (Å²) < 4.78 is 0.317. The second kappa shape index (κ2) is 8.40. The van der Waals surface area contributed by atoms with E-state index in [1.807, 2.05) is 36.4 Å². The average Bonchev–Trinajstić information content (AvgIpc) is 3.16. The molecule has 5 heteroatoms. The molecule has 1 atom stereocenters. The van der Waals surface area contributed by atoms with Crippen molar-refractivity contribution in [2.24, 2.45) is 10.1 Å². The summed E-state index contributed by atoms with van der Waals surface area (Å²) in [5, 5.41) is 14.4. The molecule has 3 aromatic rings. The Balaban J connectivity index is 1.72. The van der Waals surface area contributed by atoms with Gasteiger partial charge in [-0.2, -0.15) is 10.3 Å². The number of amidine groups is 2. The predicted molar refractivity (Wildman–Crippen MR) is 122 cm³/mol. The maximum absolute atomic E-state index is 9.41. The Morgan fingerprint density at radius 1 is 0.933 bits per heavy atom. The lowest BCUT2D eigenvalue weighted by atomic mass is 10.00. The van der Waals surface area contributed by atoms with Crippen LogP contribution in [0.1, 0.15) is 37.3 Å². The zero-order chi connectivity index (χ0) is 21.0. The van der Waals surface area contributed by atoms with E-state index in [4.69, 9.17) is 10.1 Å². The molecule has 2 aromatic carbocycles. The quantitative estimate of drug-likeness (QED) is 0.517. The summed E-state index contributed by atoms with van der Waals surface area (Å²) in [7, 11) is 2.08. The van der Waals surface area contributed by atoms with Gasteiger partial charge in [-0.05, 0) is 53.0 Å². The highest BCUT2D eigenvalue weighted by molar-refractivity contribution is 6.13. The number of benzene rings is 2. The van der Waals surface area contributed by atoms with E-state index in [0.29, 0.717) is 10.2 Å². The summed E-state index contributed by atoms with van der Waals surface area (Å²) in [6.45, 7) is 2.19. The van der Waals surface area contributed by atoms with Crippen molar-refractivity contribution in [2.45, 2.75) is 26.2 Å². The second-order valence-electron chi connectivity index (χ2n) is 7.45. The lowest BCUT2D eigenvalue weighted by Crippen LogP contribution is -2.43. The van der Waals surface area contributed by atoms with Crippen LogP contribution in [0.5, 0.6) is 0 Å². The maximum Gasteiger partial charge on any atom is 0.236 e. The minimum Gasteiger partial charge on any atom is -0.265 e. The van der Waals surface area contributed by atoms with Gasteiger partial charge in [0.2, 0.25) is 11.7 Å². The van der Waals surface area contributed by atoms with Crippen LogP contribution in [0.15, 0.2) is 83.2 Å². The molecule has 1 aliphatic heterocycles. The SMILES string of the molecule is CCCCC1=NC(c2ccncc2)=N[N+]1(C)c1ccc(-c2ccccc2C#N)cc1. The molecule has 1 aliphatic rings. The topological polar surface area (TPSA) is 61.4 Å². The number of quaternary nitrogens is 1. The molecule has 0 N–H and O–H groups in total. The van der Waals surface area contributed by atoms with Crippen LogP contribution < -0.4 is 4.59 Å². The largest absolute Gasteiger partial charge is 0.265 e. The summed E-state index contributed by atoms with van der Waals surface area (Å²) in [6.07, 6.45) is 6.60. The van der Waals surface area contributed by atoms with Gasteiger partial charge < -0.3 is 0 Å². The van der Waals surface area contributed by atoms with Crippen molar-refractivity contribution in [3.05, 3.63) is 84.2 Å². The number of aromatic nitrogens is 1. The van der Waals surface area contributed by atoms with E-state index < -0.39 is 0 Å². The summed E-state index contributed by atoms with van der Waals surface area (Å²) in [5.74, 6) is 1.78. The van der Waals surface area contributed by atoms with Gasteiger partial charge in [0, 0.05) is 36.5 Å². The summed E-state index contributed by atoms with van der Waals surface area (Å²) in [4.78, 5) is 9.00. The lowest BCUT2D eigenvalue weighted by molar-refractivity contribution is 0.519. The van der Waals surface area contributed by atoms with E-state index in [-0.39, 0.29) is 0 Å². The van der Waals surface area contributed by atoms with Gasteiger partial charge in [0.05, 0.1) is 11.6 Å². The van der Waals surface area contributed by atoms with Gasteiger partial charge in [-0.3, -0.25) is 4.98 Å². The van der Waals surface area contributed by atoms with E-state index in [1.54, 1.807) is 12.4 Å². The van der Waals surface area contributed by atoms with Crippen LogP contribution in [-0.2, 0) is 0 Å². The first-order chi connectivity index (χ1) is 14.7. The van der Waals surface area contributed by atoms with Crippen molar-refractivity contribution in [1.29, 1.82) is 5.26 Å². The Labute approximate surface area is 177 Å². The summed E-state index contributed by atoms with van der Waals surface area (Å²) in [6, 6.07) is 22.1. The van der Waals surface area contributed by atoms with Crippen molar-refractivity contribution in [2.75, 3.05) is 7.05 Å². The van der Waals surface area contributed by atoms with E-state index in [2.05, 4.69) is 49.3 Å². The molecule has 0 aliphatic carbocycles. The molecule has 2 heterocycles. The smallest absolute Gasteiger partial charge is 0.236 e. The van der Waals surface area contributed by atoms with Crippen LogP contribution in [0, 0.1) is 11.3 Å². The number of aliphatic imine (C=N–C) groups is 1. The van der Waals surface area contributed by atoms with Crippen LogP contribution in [0.4, 0.5) is 5.69 Å². The minimum absolute atomic E-state index is 0.317.